The molecule has 34 heavy (non-hydrogen) atoms. The van der Waals surface area contributed by atoms with Crippen molar-refractivity contribution in [3.63, 3.8) is 0 Å². The van der Waals surface area contributed by atoms with Gasteiger partial charge in [0.2, 0.25) is 5.78 Å². The van der Waals surface area contributed by atoms with Crippen LogP contribution in [0.5, 0.6) is 0 Å². The fourth-order valence-corrected chi connectivity index (χ4v) is 6.31. The minimum atomic E-state index is -0.762. The Hall–Kier alpha value is -3.35. The maximum absolute atomic E-state index is 12.8. The molecule has 0 saturated carbocycles. The van der Waals surface area contributed by atoms with Crippen LogP contribution in [0.2, 0.25) is 0 Å². The van der Waals surface area contributed by atoms with Crippen molar-refractivity contribution in [2.45, 2.75) is 64.4 Å². The molecule has 5 rings (SSSR count). The first kappa shape index (κ1) is 22.4. The molecule has 1 aromatic heterocycles. The van der Waals surface area contributed by atoms with E-state index in [4.69, 9.17) is 4.74 Å². The molecule has 2 aliphatic carbocycles. The van der Waals surface area contributed by atoms with Gasteiger partial charge in [0.15, 0.2) is 5.60 Å². The lowest BCUT2D eigenvalue weighted by atomic mass is 9.78. The number of hydrogen-bond acceptors (Lipinski definition) is 6. The zero-order chi connectivity index (χ0) is 24.0. The first-order valence-corrected chi connectivity index (χ1v) is 12.8. The Kier molecular flexibility index (Phi) is 5.58. The fraction of sp³-hybridized carbons (Fsp3) is 0.393. The van der Waals surface area contributed by atoms with E-state index in [1.807, 2.05) is 29.6 Å². The van der Waals surface area contributed by atoms with E-state index in [1.54, 1.807) is 0 Å². The second-order valence-electron chi connectivity index (χ2n) is 9.38. The van der Waals surface area contributed by atoms with Crippen LogP contribution in [0.3, 0.4) is 0 Å². The number of ketones is 1. The monoisotopic (exact) mass is 469 g/mol. The maximum atomic E-state index is 12.8. The molecule has 0 N–H and O–H groups in total. The third-order valence-electron chi connectivity index (χ3n) is 7.16. The second kappa shape index (κ2) is 8.46. The Morgan fingerprint density at radius 3 is 2.74 bits per heavy atom. The molecule has 2 aliphatic heterocycles. The number of aryl methyl sites for hydroxylation is 1. The van der Waals surface area contributed by atoms with Crippen molar-refractivity contribution in [3.8, 4) is 12.1 Å². The smallest absolute Gasteiger partial charge is 0.202 e. The Bertz CT molecular complexity index is 1310. The molecule has 4 aliphatic rings. The highest BCUT2D eigenvalue weighted by molar-refractivity contribution is 7.12. The molecule has 6 heteroatoms. The van der Waals surface area contributed by atoms with E-state index in [0.717, 1.165) is 42.8 Å². The highest BCUT2D eigenvalue weighted by atomic mass is 32.1. The number of ether oxygens (including phenoxy) is 1. The topological polar surface area (TPSA) is 77.1 Å². The van der Waals surface area contributed by atoms with E-state index in [1.165, 1.54) is 22.6 Å². The van der Waals surface area contributed by atoms with Crippen LogP contribution in [0.4, 0.5) is 0 Å². The Morgan fingerprint density at radius 1 is 1.26 bits per heavy atom. The van der Waals surface area contributed by atoms with E-state index in [2.05, 4.69) is 50.0 Å². The number of thiophene rings is 1. The number of unbranched alkanes of at least 4 members (excludes halogenated alkanes) is 3. The predicted octanol–water partition coefficient (Wildman–Crippen LogP) is 6.10. The number of nitrogens with zero attached hydrogens (tertiary/aromatic N) is 3. The third-order valence-corrected chi connectivity index (χ3v) is 8.29. The molecule has 0 amide bonds. The van der Waals surface area contributed by atoms with Crippen molar-refractivity contribution in [1.82, 2.24) is 4.90 Å². The summed E-state index contributed by atoms with van der Waals surface area (Å²) in [6, 6.07) is 8.07. The van der Waals surface area contributed by atoms with Gasteiger partial charge in [-0.2, -0.15) is 10.5 Å². The Balaban J connectivity index is 1.58. The van der Waals surface area contributed by atoms with Gasteiger partial charge in [-0.25, -0.2) is 0 Å². The summed E-state index contributed by atoms with van der Waals surface area (Å²) in [6.45, 7) is 7.26. The molecule has 0 radical (unpaired) electrons. The lowest BCUT2D eigenvalue weighted by Gasteiger charge is -2.39. The van der Waals surface area contributed by atoms with Gasteiger partial charge >= 0.3 is 0 Å². The molecule has 2 atom stereocenters. The van der Waals surface area contributed by atoms with Crippen molar-refractivity contribution < 1.29 is 9.53 Å². The quantitative estimate of drug-likeness (QED) is 0.286. The SMILES string of the molecule is CCCCCCN1C2=CCC(c3ccc(C)s3)C=C2C2(C)OC3=C(C=C12)C(=O)C3=C(C#N)C#N. The summed E-state index contributed by atoms with van der Waals surface area (Å²) in [4.78, 5) is 17.8. The number of fused-ring (bicyclic) bond motifs is 3. The van der Waals surface area contributed by atoms with Gasteiger partial charge in [0.1, 0.15) is 23.5 Å². The van der Waals surface area contributed by atoms with Gasteiger partial charge in [-0.1, -0.05) is 38.3 Å². The van der Waals surface area contributed by atoms with Crippen LogP contribution in [0.1, 0.15) is 61.6 Å². The average molecular weight is 470 g/mol. The van der Waals surface area contributed by atoms with Gasteiger partial charge < -0.3 is 9.64 Å². The zero-order valence-corrected chi connectivity index (χ0v) is 20.6. The van der Waals surface area contributed by atoms with Crippen LogP contribution in [-0.2, 0) is 9.53 Å². The summed E-state index contributed by atoms with van der Waals surface area (Å²) in [5, 5.41) is 18.7. The van der Waals surface area contributed by atoms with E-state index >= 15 is 0 Å². The predicted molar refractivity (Wildman–Crippen MR) is 131 cm³/mol. The van der Waals surface area contributed by atoms with E-state index in [9.17, 15) is 15.3 Å². The standard InChI is InChI=1S/C28H27N3O2S/c1-4-5-6-7-12-31-22-10-9-18(23-11-8-17(2)34-23)13-21(22)28(3)24(31)14-20-26(32)25(27(20)33-28)19(15-29)16-30/h8,10-11,13-14,18H,4-7,9,12H2,1-3H3. The Morgan fingerprint density at radius 2 is 2.06 bits per heavy atom. The first-order chi connectivity index (χ1) is 16.4. The number of allylic oxidation sites excluding steroid dienone is 6. The zero-order valence-electron chi connectivity index (χ0n) is 19.8. The molecule has 3 heterocycles. The molecular weight excluding hydrogens is 442 g/mol. The normalized spacial score (nSPS) is 24.6. The fourth-order valence-electron chi connectivity index (χ4n) is 5.35. The van der Waals surface area contributed by atoms with Crippen LogP contribution in [0, 0.1) is 29.6 Å². The number of nitriles is 2. The summed E-state index contributed by atoms with van der Waals surface area (Å²) in [5.41, 5.74) is 2.89. The van der Waals surface area contributed by atoms with E-state index < -0.39 is 5.60 Å². The number of Topliss-reactive ketones (excluding diaryl/α,β-unsaturated/α-hetero) is 1. The van der Waals surface area contributed by atoms with Crippen LogP contribution in [0.15, 0.2) is 69.8 Å². The van der Waals surface area contributed by atoms with Crippen molar-refractivity contribution in [3.05, 3.63) is 79.6 Å². The first-order valence-electron chi connectivity index (χ1n) is 11.9. The number of hydrogen-bond donors (Lipinski definition) is 0. The van der Waals surface area contributed by atoms with Gasteiger partial charge in [-0.15, -0.1) is 11.3 Å². The summed E-state index contributed by atoms with van der Waals surface area (Å²) < 4.78 is 6.56. The van der Waals surface area contributed by atoms with Crippen LogP contribution < -0.4 is 0 Å². The molecule has 1 saturated heterocycles. The summed E-state index contributed by atoms with van der Waals surface area (Å²) in [5.74, 6) is 0.385. The third kappa shape index (κ3) is 3.29. The van der Waals surface area contributed by atoms with Crippen LogP contribution in [0.25, 0.3) is 0 Å². The van der Waals surface area contributed by atoms with Gasteiger partial charge in [-0.3, -0.25) is 4.79 Å². The lowest BCUT2D eigenvalue weighted by molar-refractivity contribution is -0.114. The van der Waals surface area contributed by atoms with Crippen molar-refractivity contribution >= 4 is 17.1 Å². The Labute approximate surface area is 204 Å². The number of carbonyl (C=O) groups excluding carboxylic acids is 1. The van der Waals surface area contributed by atoms with E-state index in [0.29, 0.717) is 11.3 Å². The van der Waals surface area contributed by atoms with Crippen LogP contribution >= 0.6 is 11.3 Å². The van der Waals surface area contributed by atoms with Gasteiger partial charge in [0.05, 0.1) is 16.8 Å². The molecule has 1 fully saturated rings. The molecule has 5 nitrogen and oxygen atoms in total. The largest absolute Gasteiger partial charge is 0.475 e. The van der Waals surface area contributed by atoms with Crippen LogP contribution in [-0.4, -0.2) is 22.8 Å². The van der Waals surface area contributed by atoms with E-state index in [-0.39, 0.29) is 22.8 Å². The number of carbonyl (C=O) groups is 1. The highest BCUT2D eigenvalue weighted by Gasteiger charge is 2.55. The number of rotatable bonds is 6. The summed E-state index contributed by atoms with van der Waals surface area (Å²) in [6.07, 6.45) is 12.1. The maximum Gasteiger partial charge on any atom is 0.202 e. The molecule has 172 valence electrons. The second-order valence-corrected chi connectivity index (χ2v) is 10.7. The van der Waals surface area contributed by atoms with Crippen molar-refractivity contribution in [2.24, 2.45) is 0 Å². The lowest BCUT2D eigenvalue weighted by Crippen LogP contribution is -2.41. The molecular formula is C28H27N3O2S. The highest BCUT2D eigenvalue weighted by Crippen LogP contribution is 2.56. The molecule has 0 spiro atoms. The summed E-state index contributed by atoms with van der Waals surface area (Å²) >= 11 is 1.82. The van der Waals surface area contributed by atoms with Crippen molar-refractivity contribution in [1.29, 1.82) is 10.5 Å². The summed E-state index contributed by atoms with van der Waals surface area (Å²) in [7, 11) is 0. The minimum Gasteiger partial charge on any atom is -0.475 e. The molecule has 1 aromatic rings. The number of likely N-dealkylation sites (tertiary alicyclic amines) is 1. The van der Waals surface area contributed by atoms with Crippen molar-refractivity contribution in [2.75, 3.05) is 6.54 Å². The average Bonchev–Trinajstić information content (AvgIpc) is 3.38. The van der Waals surface area contributed by atoms with Gasteiger partial charge in [0, 0.05) is 33.5 Å². The van der Waals surface area contributed by atoms with Gasteiger partial charge in [-0.05, 0) is 44.9 Å². The molecule has 2 unspecified atom stereocenters. The van der Waals surface area contributed by atoms with Gasteiger partial charge in [0.25, 0.3) is 0 Å². The molecule has 0 bridgehead atoms. The minimum absolute atomic E-state index is 0.116. The molecule has 0 aromatic carbocycles.